The fraction of sp³-hybridized carbons (Fsp3) is 0.692. The van der Waals surface area contributed by atoms with Crippen molar-refractivity contribution < 1.29 is 5.11 Å². The van der Waals surface area contributed by atoms with Crippen LogP contribution in [-0.4, -0.2) is 22.2 Å². The van der Waals surface area contributed by atoms with Crippen LogP contribution in [0.4, 0.5) is 0 Å². The Morgan fingerprint density at radius 2 is 2.19 bits per heavy atom. The lowest BCUT2D eigenvalue weighted by Crippen LogP contribution is -2.27. The van der Waals surface area contributed by atoms with Crippen molar-refractivity contribution in [1.29, 1.82) is 0 Å². The van der Waals surface area contributed by atoms with Crippen LogP contribution in [0.2, 0.25) is 0 Å². The van der Waals surface area contributed by atoms with Crippen molar-refractivity contribution >= 4 is 23.1 Å². The van der Waals surface area contributed by atoms with E-state index in [1.165, 1.54) is 34.8 Å². The van der Waals surface area contributed by atoms with Gasteiger partial charge in [0, 0.05) is 21.4 Å². The lowest BCUT2D eigenvalue weighted by molar-refractivity contribution is 0.167. The summed E-state index contributed by atoms with van der Waals surface area (Å²) in [7, 11) is 0. The Morgan fingerprint density at radius 3 is 2.81 bits per heavy atom. The molecule has 1 saturated heterocycles. The van der Waals surface area contributed by atoms with E-state index in [2.05, 4.69) is 19.1 Å². The number of aliphatic hydroxyl groups is 1. The molecule has 0 aromatic carbocycles. The second-order valence-corrected chi connectivity index (χ2v) is 7.00. The fourth-order valence-corrected chi connectivity index (χ4v) is 4.46. The van der Waals surface area contributed by atoms with Gasteiger partial charge in [0.1, 0.15) is 0 Å². The molecule has 1 fully saturated rings. The van der Waals surface area contributed by atoms with E-state index in [1.807, 2.05) is 23.1 Å². The topological polar surface area (TPSA) is 20.2 Å². The van der Waals surface area contributed by atoms with Crippen LogP contribution in [-0.2, 0) is 12.8 Å². The highest BCUT2D eigenvalue weighted by Crippen LogP contribution is 2.30. The Morgan fingerprint density at radius 1 is 1.38 bits per heavy atom. The van der Waals surface area contributed by atoms with Crippen molar-refractivity contribution in [3.63, 3.8) is 0 Å². The molecule has 0 radical (unpaired) electrons. The van der Waals surface area contributed by atoms with Gasteiger partial charge in [0.05, 0.1) is 6.10 Å². The summed E-state index contributed by atoms with van der Waals surface area (Å²) in [5.74, 6) is 1.23. The molecule has 2 rings (SSSR count). The summed E-state index contributed by atoms with van der Waals surface area (Å²) in [6.07, 6.45) is 5.62. The van der Waals surface area contributed by atoms with E-state index in [4.69, 9.17) is 0 Å². The van der Waals surface area contributed by atoms with Crippen LogP contribution in [0.15, 0.2) is 12.1 Å². The van der Waals surface area contributed by atoms with E-state index >= 15 is 0 Å². The van der Waals surface area contributed by atoms with Crippen LogP contribution in [0.5, 0.6) is 0 Å². The van der Waals surface area contributed by atoms with Gasteiger partial charge in [-0.15, -0.1) is 11.3 Å². The molecular weight excluding hydrogens is 236 g/mol. The summed E-state index contributed by atoms with van der Waals surface area (Å²) in [6, 6.07) is 4.38. The van der Waals surface area contributed by atoms with E-state index in [-0.39, 0.29) is 6.10 Å². The zero-order chi connectivity index (χ0) is 11.4. The van der Waals surface area contributed by atoms with Gasteiger partial charge in [-0.2, -0.15) is 11.8 Å². The van der Waals surface area contributed by atoms with Gasteiger partial charge in [0.25, 0.3) is 0 Å². The minimum Gasteiger partial charge on any atom is -0.392 e. The number of thioether (sulfide) groups is 1. The van der Waals surface area contributed by atoms with E-state index in [1.54, 1.807) is 0 Å². The predicted octanol–water partition coefficient (Wildman–Crippen LogP) is 3.50. The zero-order valence-electron chi connectivity index (χ0n) is 9.82. The summed E-state index contributed by atoms with van der Waals surface area (Å²) in [5, 5.41) is 10.7. The predicted molar refractivity (Wildman–Crippen MR) is 73.5 cm³/mol. The molecule has 1 aliphatic heterocycles. The quantitative estimate of drug-likeness (QED) is 0.890. The van der Waals surface area contributed by atoms with Crippen molar-refractivity contribution in [2.45, 2.75) is 50.4 Å². The van der Waals surface area contributed by atoms with E-state index in [0.717, 1.165) is 12.8 Å². The molecule has 1 aromatic rings. The lowest BCUT2D eigenvalue weighted by Gasteiger charge is -2.25. The lowest BCUT2D eigenvalue weighted by atomic mass is 10.1. The van der Waals surface area contributed by atoms with Crippen molar-refractivity contribution in [2.24, 2.45) is 0 Å². The van der Waals surface area contributed by atoms with Crippen LogP contribution in [0.25, 0.3) is 0 Å². The summed E-state index contributed by atoms with van der Waals surface area (Å²) >= 11 is 3.81. The van der Waals surface area contributed by atoms with Gasteiger partial charge in [0.2, 0.25) is 0 Å². The highest BCUT2D eigenvalue weighted by atomic mass is 32.2. The van der Waals surface area contributed by atoms with Crippen LogP contribution in [0.3, 0.4) is 0 Å². The Hall–Kier alpha value is 0.01000. The molecule has 1 nitrogen and oxygen atoms in total. The average molecular weight is 256 g/mol. The standard InChI is InChI=1S/C13H20OS2/c1-2-10-6-7-11(16-10)9-12(14)13-5-3-4-8-15-13/h6-7,12-14H,2-5,8-9H2,1H3. The van der Waals surface area contributed by atoms with Crippen LogP contribution in [0, 0.1) is 0 Å². The summed E-state index contributed by atoms with van der Waals surface area (Å²) in [5.41, 5.74) is 0. The molecule has 0 saturated carbocycles. The van der Waals surface area contributed by atoms with Crippen LogP contribution < -0.4 is 0 Å². The van der Waals surface area contributed by atoms with Gasteiger partial charge in [0.15, 0.2) is 0 Å². The first-order valence-corrected chi connectivity index (χ1v) is 8.03. The molecule has 16 heavy (non-hydrogen) atoms. The molecule has 90 valence electrons. The third kappa shape index (κ3) is 3.25. The highest BCUT2D eigenvalue weighted by molar-refractivity contribution is 8.00. The Balaban J connectivity index is 1.87. The summed E-state index contributed by atoms with van der Waals surface area (Å²) in [6.45, 7) is 2.18. The van der Waals surface area contributed by atoms with Gasteiger partial charge in [-0.1, -0.05) is 13.3 Å². The molecular formula is C13H20OS2. The molecule has 1 N–H and O–H groups in total. The molecule has 1 aliphatic rings. The normalized spacial score (nSPS) is 23.2. The van der Waals surface area contributed by atoms with Crippen molar-refractivity contribution in [1.82, 2.24) is 0 Å². The monoisotopic (exact) mass is 256 g/mol. The van der Waals surface area contributed by atoms with Gasteiger partial charge in [-0.05, 0) is 37.1 Å². The van der Waals surface area contributed by atoms with Gasteiger partial charge in [-0.25, -0.2) is 0 Å². The SMILES string of the molecule is CCc1ccc(CC(O)C2CCCCS2)s1. The first-order chi connectivity index (χ1) is 7.79. The number of aliphatic hydroxyl groups excluding tert-OH is 1. The van der Waals surface area contributed by atoms with Crippen molar-refractivity contribution in [3.8, 4) is 0 Å². The van der Waals surface area contributed by atoms with Gasteiger partial charge < -0.3 is 5.11 Å². The van der Waals surface area contributed by atoms with Gasteiger partial charge in [-0.3, -0.25) is 0 Å². The minimum atomic E-state index is -0.145. The van der Waals surface area contributed by atoms with E-state index in [9.17, 15) is 5.11 Å². The van der Waals surface area contributed by atoms with E-state index in [0.29, 0.717) is 5.25 Å². The maximum atomic E-state index is 10.2. The zero-order valence-corrected chi connectivity index (χ0v) is 11.4. The molecule has 0 spiro atoms. The first kappa shape index (κ1) is 12.5. The Kier molecular flexibility index (Phi) is 4.74. The molecule has 2 unspecified atom stereocenters. The Labute approximate surface area is 106 Å². The minimum absolute atomic E-state index is 0.145. The number of aryl methyl sites for hydroxylation is 1. The number of hydrogen-bond donors (Lipinski definition) is 1. The Bertz CT molecular complexity index is 315. The van der Waals surface area contributed by atoms with Crippen molar-refractivity contribution in [2.75, 3.05) is 5.75 Å². The average Bonchev–Trinajstić information content (AvgIpc) is 2.78. The highest BCUT2D eigenvalue weighted by Gasteiger charge is 2.22. The number of hydrogen-bond acceptors (Lipinski definition) is 3. The van der Waals surface area contributed by atoms with E-state index < -0.39 is 0 Å². The van der Waals surface area contributed by atoms with Gasteiger partial charge >= 0.3 is 0 Å². The third-order valence-electron chi connectivity index (χ3n) is 3.12. The summed E-state index contributed by atoms with van der Waals surface area (Å²) in [4.78, 5) is 2.77. The number of rotatable bonds is 4. The molecule has 2 heterocycles. The molecule has 3 heteroatoms. The second kappa shape index (κ2) is 6.08. The maximum absolute atomic E-state index is 10.2. The first-order valence-electron chi connectivity index (χ1n) is 6.17. The molecule has 0 amide bonds. The molecule has 1 aromatic heterocycles. The molecule has 0 bridgehead atoms. The molecule has 0 aliphatic carbocycles. The van der Waals surface area contributed by atoms with Crippen LogP contribution >= 0.6 is 23.1 Å². The smallest absolute Gasteiger partial charge is 0.0706 e. The second-order valence-electron chi connectivity index (χ2n) is 4.40. The van der Waals surface area contributed by atoms with Crippen LogP contribution in [0.1, 0.15) is 35.9 Å². The third-order valence-corrected chi connectivity index (χ3v) is 5.87. The number of thiophene rings is 1. The largest absolute Gasteiger partial charge is 0.392 e. The summed E-state index contributed by atoms with van der Waals surface area (Å²) < 4.78 is 0. The maximum Gasteiger partial charge on any atom is 0.0706 e. The fourth-order valence-electron chi connectivity index (χ4n) is 2.13. The molecule has 2 atom stereocenters. The van der Waals surface area contributed by atoms with Crippen molar-refractivity contribution in [3.05, 3.63) is 21.9 Å².